The minimum atomic E-state index is -0.136. The van der Waals surface area contributed by atoms with Crippen LogP contribution in [0.5, 0.6) is 0 Å². The third-order valence-electron chi connectivity index (χ3n) is 3.50. The highest BCUT2D eigenvalue weighted by molar-refractivity contribution is 5.55. The van der Waals surface area contributed by atoms with Crippen molar-refractivity contribution in [2.75, 3.05) is 0 Å². The Labute approximate surface area is 104 Å². The molecular formula is C13H15N3O2. The van der Waals surface area contributed by atoms with E-state index in [1.54, 1.807) is 6.92 Å². The van der Waals surface area contributed by atoms with Crippen LogP contribution in [0.25, 0.3) is 11.4 Å². The molecule has 94 valence electrons. The molecule has 1 N–H and O–H groups in total. The Morgan fingerprint density at radius 2 is 2.33 bits per heavy atom. The minimum Gasteiger partial charge on any atom is -0.339 e. The van der Waals surface area contributed by atoms with Crippen LogP contribution < -0.4 is 5.56 Å². The number of fused-ring (bicyclic) bond motifs is 1. The summed E-state index contributed by atoms with van der Waals surface area (Å²) < 4.78 is 4.93. The molecule has 0 amide bonds. The molecule has 1 aliphatic carbocycles. The molecule has 0 fully saturated rings. The third-order valence-corrected chi connectivity index (χ3v) is 3.50. The average molecular weight is 245 g/mol. The molecule has 1 aliphatic rings. The molecule has 2 aromatic heterocycles. The molecule has 1 unspecified atom stereocenters. The fourth-order valence-corrected chi connectivity index (χ4v) is 2.55. The van der Waals surface area contributed by atoms with Gasteiger partial charge in [0.05, 0.1) is 5.56 Å². The highest BCUT2D eigenvalue weighted by Crippen LogP contribution is 2.30. The summed E-state index contributed by atoms with van der Waals surface area (Å²) in [5.41, 5.74) is 2.63. The van der Waals surface area contributed by atoms with Gasteiger partial charge in [-0.3, -0.25) is 4.79 Å². The zero-order valence-electron chi connectivity index (χ0n) is 10.5. The largest absolute Gasteiger partial charge is 0.339 e. The van der Waals surface area contributed by atoms with Crippen molar-refractivity contribution in [3.8, 4) is 11.4 Å². The highest BCUT2D eigenvalue weighted by atomic mass is 16.5. The second kappa shape index (κ2) is 4.08. The summed E-state index contributed by atoms with van der Waals surface area (Å²) in [6.07, 6.45) is 3.29. The van der Waals surface area contributed by atoms with Gasteiger partial charge in [-0.15, -0.1) is 0 Å². The van der Waals surface area contributed by atoms with Crippen molar-refractivity contribution >= 4 is 0 Å². The van der Waals surface area contributed by atoms with Crippen LogP contribution in [0.2, 0.25) is 0 Å². The van der Waals surface area contributed by atoms with Crippen molar-refractivity contribution < 1.29 is 4.52 Å². The van der Waals surface area contributed by atoms with E-state index >= 15 is 0 Å². The molecule has 0 spiro atoms. The SMILES string of the molecule is Cc1nc(-c2cc3c([nH]c2=O)C(C)CCC3)no1. The van der Waals surface area contributed by atoms with E-state index in [1.807, 2.05) is 6.07 Å². The molecule has 0 saturated heterocycles. The van der Waals surface area contributed by atoms with E-state index in [0.717, 1.165) is 25.0 Å². The van der Waals surface area contributed by atoms with Gasteiger partial charge in [0.25, 0.3) is 5.56 Å². The summed E-state index contributed by atoms with van der Waals surface area (Å²) in [5, 5.41) is 3.81. The fraction of sp³-hybridized carbons (Fsp3) is 0.462. The van der Waals surface area contributed by atoms with Crippen molar-refractivity contribution in [2.45, 2.75) is 39.0 Å². The van der Waals surface area contributed by atoms with E-state index in [1.165, 1.54) is 5.56 Å². The number of H-pyrrole nitrogens is 1. The molecule has 18 heavy (non-hydrogen) atoms. The van der Waals surface area contributed by atoms with Crippen LogP contribution in [0.3, 0.4) is 0 Å². The molecule has 0 aliphatic heterocycles. The van der Waals surface area contributed by atoms with Gasteiger partial charge in [-0.25, -0.2) is 0 Å². The number of hydrogen-bond acceptors (Lipinski definition) is 4. The van der Waals surface area contributed by atoms with Crippen LogP contribution in [-0.4, -0.2) is 15.1 Å². The van der Waals surface area contributed by atoms with Gasteiger partial charge in [-0.2, -0.15) is 4.98 Å². The summed E-state index contributed by atoms with van der Waals surface area (Å²) in [5.74, 6) is 1.26. The predicted molar refractivity (Wildman–Crippen MR) is 66.4 cm³/mol. The number of hydrogen-bond donors (Lipinski definition) is 1. The van der Waals surface area contributed by atoms with Crippen LogP contribution in [-0.2, 0) is 6.42 Å². The average Bonchev–Trinajstić information content (AvgIpc) is 2.76. The highest BCUT2D eigenvalue weighted by Gasteiger charge is 2.20. The zero-order chi connectivity index (χ0) is 12.7. The number of pyridine rings is 1. The molecule has 0 radical (unpaired) electrons. The Morgan fingerprint density at radius 3 is 3.06 bits per heavy atom. The molecule has 2 aromatic rings. The Morgan fingerprint density at radius 1 is 1.50 bits per heavy atom. The van der Waals surface area contributed by atoms with Gasteiger partial charge in [-0.1, -0.05) is 12.1 Å². The maximum absolute atomic E-state index is 12.1. The normalized spacial score (nSPS) is 18.7. The first-order valence-corrected chi connectivity index (χ1v) is 6.22. The summed E-state index contributed by atoms with van der Waals surface area (Å²) in [6, 6.07) is 1.91. The lowest BCUT2D eigenvalue weighted by molar-refractivity contribution is 0.394. The Kier molecular flexibility index (Phi) is 2.54. The van der Waals surface area contributed by atoms with Gasteiger partial charge in [0.2, 0.25) is 11.7 Å². The summed E-state index contributed by atoms with van der Waals surface area (Å²) in [6.45, 7) is 3.86. The number of aromatic amines is 1. The Hall–Kier alpha value is -1.91. The standard InChI is InChI=1S/C13H15N3O2/c1-7-4-3-5-9-6-10(13(17)15-11(7)9)12-14-8(2)18-16-12/h6-7H,3-5H2,1-2H3,(H,15,17). The quantitative estimate of drug-likeness (QED) is 0.835. The zero-order valence-corrected chi connectivity index (χ0v) is 10.5. The first-order chi connectivity index (χ1) is 8.65. The van der Waals surface area contributed by atoms with Gasteiger partial charge in [-0.05, 0) is 36.8 Å². The number of rotatable bonds is 1. The van der Waals surface area contributed by atoms with E-state index in [2.05, 4.69) is 22.0 Å². The number of nitrogens with one attached hydrogen (secondary N) is 1. The van der Waals surface area contributed by atoms with Gasteiger partial charge < -0.3 is 9.51 Å². The van der Waals surface area contributed by atoms with Crippen LogP contribution in [0, 0.1) is 6.92 Å². The summed E-state index contributed by atoms with van der Waals surface area (Å²) >= 11 is 0. The van der Waals surface area contributed by atoms with E-state index in [9.17, 15) is 4.79 Å². The maximum Gasteiger partial charge on any atom is 0.259 e. The maximum atomic E-state index is 12.1. The molecule has 1 atom stereocenters. The first-order valence-electron chi connectivity index (χ1n) is 6.22. The topological polar surface area (TPSA) is 71.8 Å². The van der Waals surface area contributed by atoms with Gasteiger partial charge in [0.1, 0.15) is 0 Å². The summed E-state index contributed by atoms with van der Waals surface area (Å²) in [7, 11) is 0. The van der Waals surface area contributed by atoms with Crippen LogP contribution >= 0.6 is 0 Å². The van der Waals surface area contributed by atoms with Gasteiger partial charge >= 0.3 is 0 Å². The summed E-state index contributed by atoms with van der Waals surface area (Å²) in [4.78, 5) is 19.2. The van der Waals surface area contributed by atoms with Crippen molar-refractivity contribution in [3.05, 3.63) is 33.6 Å². The Balaban J connectivity index is 2.15. The first kappa shape index (κ1) is 11.2. The van der Waals surface area contributed by atoms with E-state index in [0.29, 0.717) is 23.2 Å². The number of nitrogens with zero attached hydrogens (tertiary/aromatic N) is 2. The van der Waals surface area contributed by atoms with Gasteiger partial charge in [0, 0.05) is 12.6 Å². The number of aromatic nitrogens is 3. The van der Waals surface area contributed by atoms with E-state index < -0.39 is 0 Å². The lowest BCUT2D eigenvalue weighted by Crippen LogP contribution is -2.19. The molecule has 0 aromatic carbocycles. The molecule has 2 heterocycles. The van der Waals surface area contributed by atoms with Crippen molar-refractivity contribution in [2.24, 2.45) is 0 Å². The van der Waals surface area contributed by atoms with Crippen LogP contribution in [0.1, 0.15) is 42.8 Å². The van der Waals surface area contributed by atoms with E-state index in [4.69, 9.17) is 4.52 Å². The predicted octanol–water partition coefficient (Wildman–Crippen LogP) is 2.17. The van der Waals surface area contributed by atoms with E-state index in [-0.39, 0.29) is 5.56 Å². The fourth-order valence-electron chi connectivity index (χ4n) is 2.55. The second-order valence-corrected chi connectivity index (χ2v) is 4.88. The minimum absolute atomic E-state index is 0.136. The molecular weight excluding hydrogens is 230 g/mol. The Bertz CT molecular complexity index is 642. The molecule has 3 rings (SSSR count). The van der Waals surface area contributed by atoms with Crippen LogP contribution in [0.15, 0.2) is 15.4 Å². The smallest absolute Gasteiger partial charge is 0.259 e. The van der Waals surface area contributed by atoms with Gasteiger partial charge in [0.15, 0.2) is 0 Å². The van der Waals surface area contributed by atoms with Crippen molar-refractivity contribution in [1.29, 1.82) is 0 Å². The monoisotopic (exact) mass is 245 g/mol. The number of aryl methyl sites for hydroxylation is 2. The van der Waals surface area contributed by atoms with Crippen molar-refractivity contribution in [1.82, 2.24) is 15.1 Å². The molecule has 5 nitrogen and oxygen atoms in total. The molecule has 0 bridgehead atoms. The lowest BCUT2D eigenvalue weighted by Gasteiger charge is -2.21. The molecule has 0 saturated carbocycles. The third kappa shape index (κ3) is 1.75. The van der Waals surface area contributed by atoms with Crippen molar-refractivity contribution in [3.63, 3.8) is 0 Å². The molecule has 5 heteroatoms. The van der Waals surface area contributed by atoms with Crippen LogP contribution in [0.4, 0.5) is 0 Å². The second-order valence-electron chi connectivity index (χ2n) is 4.88. The lowest BCUT2D eigenvalue weighted by atomic mass is 9.87.